The van der Waals surface area contributed by atoms with Crippen LogP contribution in [0.1, 0.15) is 34.2 Å². The van der Waals surface area contributed by atoms with Gasteiger partial charge in [-0.3, -0.25) is 14.2 Å². The van der Waals surface area contributed by atoms with Gasteiger partial charge in [-0.05, 0) is 56.2 Å². The minimum atomic E-state index is -0.209. The maximum absolute atomic E-state index is 12.4. The molecular formula is C24H25ClN4O3S. The highest BCUT2D eigenvalue weighted by Gasteiger charge is 2.15. The topological polar surface area (TPSA) is 86.1 Å². The number of allylic oxidation sites excluding steroid dienone is 1. The zero-order valence-electron chi connectivity index (χ0n) is 18.7. The van der Waals surface area contributed by atoms with E-state index >= 15 is 0 Å². The van der Waals surface area contributed by atoms with Crippen molar-refractivity contribution in [2.75, 3.05) is 11.1 Å². The summed E-state index contributed by atoms with van der Waals surface area (Å²) < 4.78 is 7.77. The molecule has 7 nitrogen and oxygen atoms in total. The van der Waals surface area contributed by atoms with Crippen LogP contribution in [-0.4, -0.2) is 32.2 Å². The van der Waals surface area contributed by atoms with E-state index in [9.17, 15) is 9.59 Å². The van der Waals surface area contributed by atoms with Crippen molar-refractivity contribution in [1.82, 2.24) is 14.8 Å². The van der Waals surface area contributed by atoms with Crippen LogP contribution in [0.4, 0.5) is 5.69 Å². The Labute approximate surface area is 202 Å². The lowest BCUT2D eigenvalue weighted by Gasteiger charge is -2.11. The second-order valence-corrected chi connectivity index (χ2v) is 8.75. The van der Waals surface area contributed by atoms with Crippen molar-refractivity contribution in [3.63, 3.8) is 0 Å². The smallest absolute Gasteiger partial charge is 0.234 e. The number of hydrogen-bond donors (Lipinski definition) is 1. The van der Waals surface area contributed by atoms with Crippen LogP contribution in [0.5, 0.6) is 5.75 Å². The van der Waals surface area contributed by atoms with E-state index in [1.807, 2.05) is 30.5 Å². The van der Waals surface area contributed by atoms with Crippen molar-refractivity contribution < 1.29 is 14.3 Å². The quantitative estimate of drug-likeness (QED) is 0.240. The predicted molar refractivity (Wildman–Crippen MR) is 131 cm³/mol. The van der Waals surface area contributed by atoms with E-state index in [0.29, 0.717) is 34.5 Å². The fraction of sp³-hybridized carbons (Fsp3) is 0.250. The number of nitrogens with one attached hydrogen (secondary N) is 1. The Kier molecular flexibility index (Phi) is 8.30. The number of ketones is 1. The fourth-order valence-corrected chi connectivity index (χ4v) is 4.00. The van der Waals surface area contributed by atoms with E-state index in [-0.39, 0.29) is 24.1 Å². The number of anilines is 1. The number of carbonyl (C=O) groups excluding carboxylic acids is 2. The molecule has 1 amide bonds. The average Bonchev–Trinajstić information content (AvgIpc) is 3.16. The number of hydrogen-bond acceptors (Lipinski definition) is 6. The molecule has 9 heteroatoms. The van der Waals surface area contributed by atoms with Crippen molar-refractivity contribution in [1.29, 1.82) is 0 Å². The van der Waals surface area contributed by atoms with E-state index in [1.54, 1.807) is 30.3 Å². The molecule has 1 heterocycles. The fourth-order valence-electron chi connectivity index (χ4n) is 3.13. The van der Waals surface area contributed by atoms with Gasteiger partial charge in [0.05, 0.1) is 5.75 Å². The van der Waals surface area contributed by atoms with Crippen LogP contribution in [-0.2, 0) is 17.9 Å². The Balaban J connectivity index is 1.64. The summed E-state index contributed by atoms with van der Waals surface area (Å²) in [7, 11) is 0. The molecule has 3 rings (SSSR count). The molecule has 33 heavy (non-hydrogen) atoms. The summed E-state index contributed by atoms with van der Waals surface area (Å²) in [4.78, 5) is 23.9. The molecule has 1 aromatic heterocycles. The largest absolute Gasteiger partial charge is 0.486 e. The van der Waals surface area contributed by atoms with E-state index in [4.69, 9.17) is 16.3 Å². The van der Waals surface area contributed by atoms with Gasteiger partial charge in [-0.2, -0.15) is 0 Å². The number of rotatable bonds is 10. The van der Waals surface area contributed by atoms with Crippen molar-refractivity contribution in [2.45, 2.75) is 39.1 Å². The Morgan fingerprint density at radius 2 is 1.94 bits per heavy atom. The Morgan fingerprint density at radius 3 is 2.61 bits per heavy atom. The first-order valence-electron chi connectivity index (χ1n) is 10.2. The summed E-state index contributed by atoms with van der Waals surface area (Å²) in [5.41, 5.74) is 3.00. The Hall–Kier alpha value is -3.10. The molecule has 0 aliphatic rings. The summed E-state index contributed by atoms with van der Waals surface area (Å²) in [6.45, 7) is 9.83. The third kappa shape index (κ3) is 6.46. The highest BCUT2D eigenvalue weighted by atomic mass is 35.5. The predicted octanol–water partition coefficient (Wildman–Crippen LogP) is 5.25. The minimum absolute atomic E-state index is 0.0586. The van der Waals surface area contributed by atoms with Gasteiger partial charge in [0.15, 0.2) is 16.8 Å². The minimum Gasteiger partial charge on any atom is -0.486 e. The number of carbonyl (C=O) groups is 2. The number of benzene rings is 2. The van der Waals surface area contributed by atoms with Crippen LogP contribution in [0.25, 0.3) is 0 Å². The zero-order chi connectivity index (χ0) is 24.0. The maximum atomic E-state index is 12.4. The highest BCUT2D eigenvalue weighted by molar-refractivity contribution is 7.99. The highest BCUT2D eigenvalue weighted by Crippen LogP contribution is 2.26. The molecular weight excluding hydrogens is 460 g/mol. The van der Waals surface area contributed by atoms with Gasteiger partial charge in [0.2, 0.25) is 5.91 Å². The molecule has 2 aromatic carbocycles. The number of ether oxygens (including phenoxy) is 1. The van der Waals surface area contributed by atoms with E-state index in [1.165, 1.54) is 18.7 Å². The standard InChI is InChI=1S/C24H25ClN4O3S/c1-5-9-29-21(13-32-20-10-15(2)23(25)16(3)11-20)27-28-24(29)33-14-22(31)26-19-8-6-7-18(12-19)17(4)30/h5-8,10-12H,1,9,13-14H2,2-4H3,(H,26,31). The summed E-state index contributed by atoms with van der Waals surface area (Å²) in [6, 6.07) is 10.6. The molecule has 0 radical (unpaired) electrons. The first kappa shape index (κ1) is 24.5. The summed E-state index contributed by atoms with van der Waals surface area (Å²) in [5.74, 6) is 1.19. The van der Waals surface area contributed by atoms with Gasteiger partial charge >= 0.3 is 0 Å². The van der Waals surface area contributed by atoms with E-state index in [2.05, 4.69) is 22.1 Å². The second kappa shape index (κ2) is 11.2. The average molecular weight is 485 g/mol. The van der Waals surface area contributed by atoms with Crippen LogP contribution in [0, 0.1) is 13.8 Å². The van der Waals surface area contributed by atoms with Crippen molar-refractivity contribution in [3.05, 3.63) is 76.6 Å². The molecule has 0 atom stereocenters. The summed E-state index contributed by atoms with van der Waals surface area (Å²) in [6.07, 6.45) is 1.74. The number of thioether (sulfide) groups is 1. The summed E-state index contributed by atoms with van der Waals surface area (Å²) >= 11 is 7.49. The third-order valence-corrected chi connectivity index (χ3v) is 6.33. The molecule has 0 spiro atoms. The van der Waals surface area contributed by atoms with Crippen LogP contribution in [0.15, 0.2) is 54.2 Å². The van der Waals surface area contributed by atoms with Crippen LogP contribution in [0.3, 0.4) is 0 Å². The van der Waals surface area contributed by atoms with Crippen molar-refractivity contribution >= 4 is 40.7 Å². The molecule has 0 bridgehead atoms. The first-order chi connectivity index (χ1) is 15.8. The lowest BCUT2D eigenvalue weighted by molar-refractivity contribution is -0.113. The second-order valence-electron chi connectivity index (χ2n) is 7.43. The Bertz CT molecular complexity index is 1170. The van der Waals surface area contributed by atoms with Crippen LogP contribution >= 0.6 is 23.4 Å². The lowest BCUT2D eigenvalue weighted by atomic mass is 10.1. The monoisotopic (exact) mass is 484 g/mol. The van der Waals surface area contributed by atoms with Gasteiger partial charge in [-0.15, -0.1) is 16.8 Å². The zero-order valence-corrected chi connectivity index (χ0v) is 20.3. The molecule has 172 valence electrons. The molecule has 3 aromatic rings. The normalized spacial score (nSPS) is 10.7. The number of nitrogens with zero attached hydrogens (tertiary/aromatic N) is 3. The molecule has 0 saturated carbocycles. The van der Waals surface area contributed by atoms with Crippen molar-refractivity contribution in [2.24, 2.45) is 0 Å². The number of halogens is 1. The van der Waals surface area contributed by atoms with Gasteiger partial charge in [-0.25, -0.2) is 0 Å². The molecule has 0 fully saturated rings. The SMILES string of the molecule is C=CCn1c(COc2cc(C)c(Cl)c(C)c2)nnc1SCC(=O)Nc1cccc(C(C)=O)c1. The van der Waals surface area contributed by atoms with Gasteiger partial charge < -0.3 is 10.1 Å². The van der Waals surface area contributed by atoms with Crippen LogP contribution < -0.4 is 10.1 Å². The molecule has 0 saturated heterocycles. The van der Waals surface area contributed by atoms with Crippen molar-refractivity contribution in [3.8, 4) is 5.75 Å². The van der Waals surface area contributed by atoms with Gasteiger partial charge in [0, 0.05) is 22.8 Å². The summed E-state index contributed by atoms with van der Waals surface area (Å²) in [5, 5.41) is 12.6. The number of Topliss-reactive ketones (excluding diaryl/α,β-unsaturated/α-hetero) is 1. The molecule has 0 aliphatic heterocycles. The van der Waals surface area contributed by atoms with E-state index in [0.717, 1.165) is 16.1 Å². The first-order valence-corrected chi connectivity index (χ1v) is 11.6. The Morgan fingerprint density at radius 1 is 1.21 bits per heavy atom. The van der Waals surface area contributed by atoms with E-state index < -0.39 is 0 Å². The molecule has 1 N–H and O–H groups in total. The van der Waals surface area contributed by atoms with Gasteiger partial charge in [0.1, 0.15) is 12.4 Å². The third-order valence-electron chi connectivity index (χ3n) is 4.77. The number of aryl methyl sites for hydroxylation is 2. The number of amides is 1. The maximum Gasteiger partial charge on any atom is 0.234 e. The number of aromatic nitrogens is 3. The molecule has 0 unspecified atom stereocenters. The molecule has 0 aliphatic carbocycles. The van der Waals surface area contributed by atoms with Gasteiger partial charge in [-0.1, -0.05) is 41.6 Å². The lowest BCUT2D eigenvalue weighted by Crippen LogP contribution is -2.15. The van der Waals surface area contributed by atoms with Crippen LogP contribution in [0.2, 0.25) is 5.02 Å². The van der Waals surface area contributed by atoms with Gasteiger partial charge in [0.25, 0.3) is 0 Å².